The SMILES string of the molecule is C=CC1=CNc2cc(CC)cc(CC)c2C1=C. The van der Waals surface area contributed by atoms with Gasteiger partial charge in [-0.05, 0) is 41.2 Å². The predicted molar refractivity (Wildman–Crippen MR) is 76.1 cm³/mol. The highest BCUT2D eigenvalue weighted by molar-refractivity contribution is 5.91. The molecule has 0 amide bonds. The van der Waals surface area contributed by atoms with Crippen LogP contribution in [-0.2, 0) is 12.8 Å². The van der Waals surface area contributed by atoms with Crippen molar-refractivity contribution in [1.82, 2.24) is 0 Å². The second kappa shape index (κ2) is 4.62. The van der Waals surface area contributed by atoms with E-state index >= 15 is 0 Å². The van der Waals surface area contributed by atoms with Gasteiger partial charge >= 0.3 is 0 Å². The molecule has 17 heavy (non-hydrogen) atoms. The lowest BCUT2D eigenvalue weighted by Crippen LogP contribution is -2.07. The van der Waals surface area contributed by atoms with Crippen LogP contribution in [0.5, 0.6) is 0 Å². The molecule has 0 saturated carbocycles. The molecular weight excluding hydrogens is 206 g/mol. The van der Waals surface area contributed by atoms with E-state index in [1.54, 1.807) is 0 Å². The molecule has 1 heterocycles. The zero-order valence-electron chi connectivity index (χ0n) is 10.6. The molecule has 1 N–H and O–H groups in total. The van der Waals surface area contributed by atoms with Crippen molar-refractivity contribution in [3.8, 4) is 0 Å². The van der Waals surface area contributed by atoms with E-state index < -0.39 is 0 Å². The van der Waals surface area contributed by atoms with Crippen molar-refractivity contribution in [2.75, 3.05) is 5.32 Å². The second-order valence-electron chi connectivity index (χ2n) is 4.31. The number of benzene rings is 1. The van der Waals surface area contributed by atoms with Crippen LogP contribution in [0, 0.1) is 0 Å². The Morgan fingerprint density at radius 1 is 1.24 bits per heavy atom. The van der Waals surface area contributed by atoms with Crippen molar-refractivity contribution in [3.05, 3.63) is 59.8 Å². The Morgan fingerprint density at radius 2 is 2.00 bits per heavy atom. The maximum absolute atomic E-state index is 4.19. The molecule has 0 bridgehead atoms. The Labute approximate surface area is 104 Å². The number of hydrogen-bond acceptors (Lipinski definition) is 1. The molecule has 2 rings (SSSR count). The molecule has 1 nitrogen and oxygen atoms in total. The van der Waals surface area contributed by atoms with Gasteiger partial charge in [-0.1, -0.05) is 39.1 Å². The molecule has 1 aromatic rings. The first kappa shape index (κ1) is 11.7. The summed E-state index contributed by atoms with van der Waals surface area (Å²) in [7, 11) is 0. The van der Waals surface area contributed by atoms with Crippen LogP contribution in [0.2, 0.25) is 0 Å². The van der Waals surface area contributed by atoms with Gasteiger partial charge in [0.1, 0.15) is 0 Å². The molecule has 1 aliphatic rings. The zero-order valence-corrected chi connectivity index (χ0v) is 10.6. The number of rotatable bonds is 3. The molecule has 0 aliphatic carbocycles. The van der Waals surface area contributed by atoms with Crippen LogP contribution in [0.1, 0.15) is 30.5 Å². The predicted octanol–water partition coefficient (Wildman–Crippen LogP) is 4.32. The fraction of sp³-hybridized carbons (Fsp3) is 0.250. The summed E-state index contributed by atoms with van der Waals surface area (Å²) >= 11 is 0. The smallest absolute Gasteiger partial charge is 0.0465 e. The summed E-state index contributed by atoms with van der Waals surface area (Å²) in [5, 5.41) is 3.35. The minimum atomic E-state index is 1.03. The minimum Gasteiger partial charge on any atom is -0.361 e. The van der Waals surface area contributed by atoms with Gasteiger partial charge in [-0.15, -0.1) is 0 Å². The molecule has 1 heteroatoms. The fourth-order valence-electron chi connectivity index (χ4n) is 2.29. The van der Waals surface area contributed by atoms with Crippen molar-refractivity contribution >= 4 is 11.3 Å². The van der Waals surface area contributed by atoms with E-state index in [9.17, 15) is 0 Å². The summed E-state index contributed by atoms with van der Waals surface area (Å²) in [6.07, 6.45) is 5.93. The zero-order chi connectivity index (χ0) is 12.4. The Morgan fingerprint density at radius 3 is 2.59 bits per heavy atom. The first-order valence-corrected chi connectivity index (χ1v) is 6.15. The summed E-state index contributed by atoms with van der Waals surface area (Å²) in [5.41, 5.74) is 7.32. The largest absolute Gasteiger partial charge is 0.361 e. The third-order valence-corrected chi connectivity index (χ3v) is 3.32. The third kappa shape index (κ3) is 1.93. The molecule has 0 fully saturated rings. The van der Waals surface area contributed by atoms with Gasteiger partial charge in [0.25, 0.3) is 0 Å². The average Bonchev–Trinajstić information content (AvgIpc) is 2.37. The van der Waals surface area contributed by atoms with Gasteiger partial charge in [0.05, 0.1) is 0 Å². The normalized spacial score (nSPS) is 13.8. The van der Waals surface area contributed by atoms with E-state index in [1.807, 2.05) is 12.3 Å². The molecule has 0 aromatic heterocycles. The Balaban J connectivity index is 2.60. The van der Waals surface area contributed by atoms with Crippen LogP contribution in [0.15, 0.2) is 43.1 Å². The standard InChI is InChI=1S/C16H19N/c1-5-12-8-13(6-2)16-11(4)14(7-3)10-17-15(16)9-12/h7-10,17H,3-6H2,1-2H3. The Kier molecular flexibility index (Phi) is 3.19. The molecule has 0 atom stereocenters. The molecule has 0 spiro atoms. The van der Waals surface area contributed by atoms with Gasteiger partial charge in [0, 0.05) is 17.5 Å². The van der Waals surface area contributed by atoms with Crippen LogP contribution in [0.4, 0.5) is 5.69 Å². The van der Waals surface area contributed by atoms with Gasteiger partial charge in [-0.2, -0.15) is 0 Å². The molecule has 0 radical (unpaired) electrons. The highest BCUT2D eigenvalue weighted by Gasteiger charge is 2.17. The average molecular weight is 225 g/mol. The van der Waals surface area contributed by atoms with Gasteiger partial charge in [0.2, 0.25) is 0 Å². The number of anilines is 1. The molecule has 1 aliphatic heterocycles. The van der Waals surface area contributed by atoms with Crippen molar-refractivity contribution in [2.24, 2.45) is 0 Å². The highest BCUT2D eigenvalue weighted by atomic mass is 14.9. The summed E-state index contributed by atoms with van der Waals surface area (Å²) in [6.45, 7) is 12.4. The van der Waals surface area contributed by atoms with E-state index in [4.69, 9.17) is 0 Å². The van der Waals surface area contributed by atoms with E-state index in [2.05, 4.69) is 44.5 Å². The maximum atomic E-state index is 4.19. The topological polar surface area (TPSA) is 12.0 Å². The lowest BCUT2D eigenvalue weighted by molar-refractivity contribution is 1.08. The van der Waals surface area contributed by atoms with Gasteiger partial charge in [0.15, 0.2) is 0 Å². The number of allylic oxidation sites excluding steroid dienone is 3. The first-order chi connectivity index (χ1) is 8.21. The summed E-state index contributed by atoms with van der Waals surface area (Å²) in [5.74, 6) is 0. The molecular formula is C16H19N. The quantitative estimate of drug-likeness (QED) is 0.807. The number of fused-ring (bicyclic) bond motifs is 1. The van der Waals surface area contributed by atoms with Crippen LogP contribution in [-0.4, -0.2) is 0 Å². The van der Waals surface area contributed by atoms with Crippen molar-refractivity contribution < 1.29 is 0 Å². The van der Waals surface area contributed by atoms with Gasteiger partial charge in [-0.3, -0.25) is 0 Å². The van der Waals surface area contributed by atoms with Gasteiger partial charge in [-0.25, -0.2) is 0 Å². The van der Waals surface area contributed by atoms with Crippen molar-refractivity contribution in [2.45, 2.75) is 26.7 Å². The lowest BCUT2D eigenvalue weighted by atomic mass is 9.88. The fourth-order valence-corrected chi connectivity index (χ4v) is 2.29. The van der Waals surface area contributed by atoms with E-state index in [-0.39, 0.29) is 0 Å². The van der Waals surface area contributed by atoms with Crippen LogP contribution < -0.4 is 5.32 Å². The number of hydrogen-bond donors (Lipinski definition) is 1. The Hall–Kier alpha value is -1.76. The van der Waals surface area contributed by atoms with Crippen LogP contribution >= 0.6 is 0 Å². The molecule has 0 unspecified atom stereocenters. The van der Waals surface area contributed by atoms with E-state index in [1.165, 1.54) is 22.4 Å². The maximum Gasteiger partial charge on any atom is 0.0465 e. The van der Waals surface area contributed by atoms with Crippen molar-refractivity contribution in [3.63, 3.8) is 0 Å². The number of aryl methyl sites for hydroxylation is 2. The summed E-state index contributed by atoms with van der Waals surface area (Å²) in [6, 6.07) is 4.51. The van der Waals surface area contributed by atoms with Gasteiger partial charge < -0.3 is 5.32 Å². The molecule has 0 saturated heterocycles. The molecule has 1 aromatic carbocycles. The third-order valence-electron chi connectivity index (χ3n) is 3.32. The Bertz CT molecular complexity index is 507. The van der Waals surface area contributed by atoms with Crippen molar-refractivity contribution in [1.29, 1.82) is 0 Å². The lowest BCUT2D eigenvalue weighted by Gasteiger charge is -2.23. The minimum absolute atomic E-state index is 1.03. The van der Waals surface area contributed by atoms with E-state index in [0.717, 1.165) is 24.0 Å². The van der Waals surface area contributed by atoms with Crippen LogP contribution in [0.3, 0.4) is 0 Å². The summed E-state index contributed by atoms with van der Waals surface area (Å²) in [4.78, 5) is 0. The second-order valence-corrected chi connectivity index (χ2v) is 4.31. The van der Waals surface area contributed by atoms with Crippen LogP contribution in [0.25, 0.3) is 5.57 Å². The highest BCUT2D eigenvalue weighted by Crippen LogP contribution is 2.36. The van der Waals surface area contributed by atoms with E-state index in [0.29, 0.717) is 0 Å². The monoisotopic (exact) mass is 225 g/mol. The number of nitrogens with one attached hydrogen (secondary N) is 1. The molecule has 88 valence electrons. The summed E-state index contributed by atoms with van der Waals surface area (Å²) < 4.78 is 0. The first-order valence-electron chi connectivity index (χ1n) is 6.15.